The average Bonchev–Trinajstić information content (AvgIpc) is 3.28. The van der Waals surface area contributed by atoms with E-state index in [-0.39, 0.29) is 78.8 Å². The van der Waals surface area contributed by atoms with Gasteiger partial charge in [0.15, 0.2) is 29.1 Å². The SMILES string of the molecule is COC(=O)[C@]1(C)CC[C@]2(C)CC[C@]3(C)[C@H]4[C@@H]5Oc6c(cc7c(c6C)CC[C@H]6[C@@]7(C)CC[C@@]7(C)[C@@H]8C[C@](C)(OC(C)=O)CC[C@]8(C)CC[C@]67C)O[C@@H]5c5c(cc(O)c(O)c5C)[C@]4(C)CC[C@@]3(C)[C@@H]2C1. The number of phenolic OH excluding ortho intramolecular Hbond substituents is 2. The number of ether oxygens (including phenoxy) is 4. The summed E-state index contributed by atoms with van der Waals surface area (Å²) in [6.07, 6.45) is 15.7. The zero-order chi connectivity index (χ0) is 48.9. The fourth-order valence-electron chi connectivity index (χ4n) is 20.4. The Kier molecular flexibility index (Phi) is 9.78. The van der Waals surface area contributed by atoms with E-state index in [1.54, 1.807) is 14.0 Å². The summed E-state index contributed by atoms with van der Waals surface area (Å²) < 4.78 is 27.1. The third-order valence-corrected chi connectivity index (χ3v) is 24.9. The number of methoxy groups -OCH3 is 1. The van der Waals surface area contributed by atoms with Gasteiger partial charge < -0.3 is 29.2 Å². The van der Waals surface area contributed by atoms with Crippen LogP contribution in [-0.4, -0.2) is 41.0 Å². The largest absolute Gasteiger partial charge is 0.504 e. The van der Waals surface area contributed by atoms with Crippen LogP contribution in [0.5, 0.6) is 23.0 Å². The van der Waals surface area contributed by atoms with E-state index in [0.717, 1.165) is 113 Å². The average molecular weight is 933 g/mol. The van der Waals surface area contributed by atoms with Gasteiger partial charge in [-0.1, -0.05) is 55.4 Å². The normalized spacial score (nSPS) is 48.3. The van der Waals surface area contributed by atoms with Crippen molar-refractivity contribution in [2.24, 2.45) is 61.6 Å². The van der Waals surface area contributed by atoms with Gasteiger partial charge in [0.05, 0.1) is 12.5 Å². The molecule has 0 spiro atoms. The van der Waals surface area contributed by atoms with E-state index in [0.29, 0.717) is 23.3 Å². The zero-order valence-corrected chi connectivity index (χ0v) is 44.3. The highest BCUT2D eigenvalue weighted by atomic mass is 16.6. The van der Waals surface area contributed by atoms with E-state index in [1.807, 2.05) is 13.0 Å². The molecule has 6 fully saturated rings. The van der Waals surface area contributed by atoms with Crippen LogP contribution in [0.25, 0.3) is 0 Å². The van der Waals surface area contributed by atoms with Crippen LogP contribution in [0, 0.1) is 75.4 Å². The predicted molar refractivity (Wildman–Crippen MR) is 264 cm³/mol. The van der Waals surface area contributed by atoms with E-state index in [4.69, 9.17) is 18.9 Å². The molecular weight excluding hydrogens is 849 g/mol. The quantitative estimate of drug-likeness (QED) is 0.226. The molecule has 16 atom stereocenters. The molecule has 9 aliphatic rings. The number of hydrogen-bond donors (Lipinski definition) is 2. The lowest BCUT2D eigenvalue weighted by molar-refractivity contribution is -0.238. The van der Waals surface area contributed by atoms with Gasteiger partial charge in [-0.3, -0.25) is 9.59 Å². The van der Waals surface area contributed by atoms with Crippen molar-refractivity contribution in [3.63, 3.8) is 0 Å². The summed E-state index contributed by atoms with van der Waals surface area (Å²) in [5, 5.41) is 23.0. The number of fused-ring (bicyclic) bond motifs is 18. The Labute approximate surface area is 407 Å². The third kappa shape index (κ3) is 5.67. The first-order valence-electron chi connectivity index (χ1n) is 27.0. The van der Waals surface area contributed by atoms with Crippen LogP contribution in [-0.2, 0) is 36.3 Å². The summed E-state index contributed by atoms with van der Waals surface area (Å²) in [6.45, 7) is 30.5. The molecule has 2 aromatic carbocycles. The van der Waals surface area contributed by atoms with Crippen LogP contribution < -0.4 is 9.47 Å². The van der Waals surface area contributed by atoms with Crippen molar-refractivity contribution in [2.45, 2.75) is 221 Å². The van der Waals surface area contributed by atoms with Crippen molar-refractivity contribution in [1.82, 2.24) is 0 Å². The molecule has 372 valence electrons. The molecule has 8 aliphatic carbocycles. The summed E-state index contributed by atoms with van der Waals surface area (Å²) in [5.74, 6) is 2.62. The first-order chi connectivity index (χ1) is 31.6. The van der Waals surface area contributed by atoms with Crippen LogP contribution in [0.3, 0.4) is 0 Å². The maximum Gasteiger partial charge on any atom is 0.311 e. The van der Waals surface area contributed by atoms with Gasteiger partial charge in [0.2, 0.25) is 0 Å². The van der Waals surface area contributed by atoms with E-state index in [9.17, 15) is 19.8 Å². The molecule has 2 N–H and O–H groups in total. The van der Waals surface area contributed by atoms with Gasteiger partial charge in [-0.2, -0.15) is 0 Å². The fourth-order valence-corrected chi connectivity index (χ4v) is 20.4. The number of benzene rings is 2. The Morgan fingerprint density at radius 2 is 1.22 bits per heavy atom. The van der Waals surface area contributed by atoms with Crippen molar-refractivity contribution in [2.75, 3.05) is 7.11 Å². The molecule has 0 aromatic heterocycles. The Hall–Kier alpha value is -3.42. The molecule has 0 radical (unpaired) electrons. The summed E-state index contributed by atoms with van der Waals surface area (Å²) in [6, 6.07) is 4.27. The fraction of sp³-hybridized carbons (Fsp3) is 0.767. The van der Waals surface area contributed by atoms with Gasteiger partial charge >= 0.3 is 11.9 Å². The number of rotatable bonds is 2. The summed E-state index contributed by atoms with van der Waals surface area (Å²) in [7, 11) is 1.54. The number of hydrogen-bond acceptors (Lipinski definition) is 8. The topological polar surface area (TPSA) is 112 Å². The maximum absolute atomic E-state index is 13.5. The van der Waals surface area contributed by atoms with E-state index < -0.39 is 17.1 Å². The molecule has 0 amide bonds. The molecular formula is C60H84O8. The van der Waals surface area contributed by atoms with Crippen molar-refractivity contribution in [3.8, 4) is 23.0 Å². The number of esters is 2. The molecule has 0 saturated heterocycles. The Balaban J connectivity index is 1.01. The second kappa shape index (κ2) is 14.2. The first kappa shape index (κ1) is 46.9. The summed E-state index contributed by atoms with van der Waals surface area (Å²) >= 11 is 0. The molecule has 68 heavy (non-hydrogen) atoms. The second-order valence-electron chi connectivity index (χ2n) is 27.8. The maximum atomic E-state index is 13.5. The smallest absolute Gasteiger partial charge is 0.311 e. The van der Waals surface area contributed by atoms with Crippen molar-refractivity contribution >= 4 is 11.9 Å². The lowest BCUT2D eigenvalue weighted by Crippen LogP contribution is -2.69. The Bertz CT molecular complexity index is 2530. The minimum Gasteiger partial charge on any atom is -0.504 e. The van der Waals surface area contributed by atoms with Gasteiger partial charge in [0.25, 0.3) is 0 Å². The standard InChI is InChI=1S/C60H84O8/c1-33-36-15-16-41-55(8,23-27-58(11)43-32-54(7,68-35(3)61)22-19-52(43,5)20-25-57(41,58)10)37(36)30-40-46(33)67-48-47(66-40)44-34(2)45(63)39(62)29-38(44)56(9)24-28-59(12)42-31-53(6,50(64)65-14)18-17-51(42,4)21-26-60(59,13)49(48)56/h29-30,41-43,47-49,62-63H,15-28,31-32H2,1-14H3/t41-,42+,43+,47+,48+,49-,51+,52+,53+,54+,55-,56-,57+,58-,59-,60+/m0/s1. The molecule has 1 aliphatic heterocycles. The van der Waals surface area contributed by atoms with Crippen molar-refractivity contribution < 1.29 is 38.7 Å². The molecule has 0 bridgehead atoms. The van der Waals surface area contributed by atoms with E-state index in [1.165, 1.54) is 29.5 Å². The van der Waals surface area contributed by atoms with Crippen LogP contribution in [0.2, 0.25) is 0 Å². The molecule has 8 nitrogen and oxygen atoms in total. The van der Waals surface area contributed by atoms with Crippen LogP contribution in [0.15, 0.2) is 12.1 Å². The predicted octanol–water partition coefficient (Wildman–Crippen LogP) is 13.6. The highest BCUT2D eigenvalue weighted by Crippen LogP contribution is 2.78. The second-order valence-corrected chi connectivity index (χ2v) is 27.8. The first-order valence-corrected chi connectivity index (χ1v) is 27.0. The van der Waals surface area contributed by atoms with Crippen LogP contribution in [0.1, 0.15) is 212 Å². The Morgan fingerprint density at radius 1 is 0.647 bits per heavy atom. The lowest BCUT2D eigenvalue weighted by Gasteiger charge is -2.73. The minimum atomic E-state index is -0.521. The zero-order valence-electron chi connectivity index (χ0n) is 44.3. The van der Waals surface area contributed by atoms with Gasteiger partial charge in [-0.15, -0.1) is 0 Å². The van der Waals surface area contributed by atoms with Crippen LogP contribution >= 0.6 is 0 Å². The molecule has 1 heterocycles. The van der Waals surface area contributed by atoms with Gasteiger partial charge in [0, 0.05) is 29.4 Å². The van der Waals surface area contributed by atoms with Crippen molar-refractivity contribution in [3.05, 3.63) is 45.5 Å². The number of carbonyl (C=O) groups excluding carboxylic acids is 2. The molecule has 11 rings (SSSR count). The highest BCUT2D eigenvalue weighted by Gasteiger charge is 2.73. The molecule has 0 unspecified atom stereocenters. The third-order valence-electron chi connectivity index (χ3n) is 24.9. The van der Waals surface area contributed by atoms with Crippen molar-refractivity contribution in [1.29, 1.82) is 0 Å². The summed E-state index contributed by atoms with van der Waals surface area (Å²) in [4.78, 5) is 26.0. The Morgan fingerprint density at radius 3 is 1.88 bits per heavy atom. The lowest BCUT2D eigenvalue weighted by atomic mass is 9.32. The van der Waals surface area contributed by atoms with Gasteiger partial charge in [0.1, 0.15) is 11.7 Å². The number of phenols is 2. The van der Waals surface area contributed by atoms with Crippen LogP contribution in [0.4, 0.5) is 0 Å². The van der Waals surface area contributed by atoms with E-state index >= 15 is 0 Å². The molecule has 2 aromatic rings. The minimum absolute atomic E-state index is 0.0337. The molecule has 8 heteroatoms. The number of aromatic hydroxyl groups is 2. The molecule has 6 saturated carbocycles. The van der Waals surface area contributed by atoms with E-state index in [2.05, 4.69) is 82.2 Å². The van der Waals surface area contributed by atoms with Gasteiger partial charge in [-0.25, -0.2) is 0 Å². The monoisotopic (exact) mass is 933 g/mol. The van der Waals surface area contributed by atoms with Gasteiger partial charge in [-0.05, 0) is 220 Å². The number of carbonyl (C=O) groups is 2. The highest BCUT2D eigenvalue weighted by molar-refractivity contribution is 5.76. The summed E-state index contributed by atoms with van der Waals surface area (Å²) in [5.41, 5.74) is 5.73.